The topological polar surface area (TPSA) is 30.5 Å². The quantitative estimate of drug-likeness (QED) is 0.650. The highest BCUT2D eigenvalue weighted by atomic mass is 32.7. The Kier molecular flexibility index (Phi) is 3.65. The second-order valence-electron chi connectivity index (χ2n) is 3.49. The summed E-state index contributed by atoms with van der Waals surface area (Å²) in [5.41, 5.74) is 1.29. The van der Waals surface area contributed by atoms with Gasteiger partial charge in [0, 0.05) is 0 Å². The number of rotatable bonds is 3. The van der Waals surface area contributed by atoms with Crippen molar-refractivity contribution in [1.29, 1.82) is 0 Å². The molecule has 15 heavy (non-hydrogen) atoms. The highest BCUT2D eigenvalue weighted by molar-refractivity contribution is 8.37. The summed E-state index contributed by atoms with van der Waals surface area (Å²) in [5, 5.41) is 3.25. The molecule has 5 heteroatoms. The van der Waals surface area contributed by atoms with Crippen LogP contribution in [0.5, 0.6) is 0 Å². The molecule has 1 aromatic rings. The van der Waals surface area contributed by atoms with E-state index in [4.69, 9.17) is 21.3 Å². The maximum absolute atomic E-state index is 5.47. The molecule has 0 amide bonds. The molecule has 0 spiro atoms. The lowest BCUT2D eigenvalue weighted by Crippen LogP contribution is -2.25. The number of hydrogen-bond acceptors (Lipinski definition) is 4. The molecule has 3 nitrogen and oxygen atoms in total. The van der Waals surface area contributed by atoms with Crippen molar-refractivity contribution in [2.75, 3.05) is 13.7 Å². The van der Waals surface area contributed by atoms with Crippen LogP contribution < -0.4 is 5.09 Å². The molecular formula is C10H14NO2PS. The minimum Gasteiger partial charge on any atom is -0.472 e. The third-order valence-electron chi connectivity index (χ3n) is 2.35. The summed E-state index contributed by atoms with van der Waals surface area (Å²) in [6, 6.07) is 10.6. The van der Waals surface area contributed by atoms with Gasteiger partial charge < -0.3 is 12.2 Å². The summed E-state index contributed by atoms with van der Waals surface area (Å²) in [6.07, 6.45) is 0.933. The summed E-state index contributed by atoms with van der Waals surface area (Å²) >= 11 is 5.22. The average molecular weight is 243 g/mol. The van der Waals surface area contributed by atoms with Gasteiger partial charge in [0.15, 0.2) is 0 Å². The standard InChI is InChI=1S/C10H14NO2PS/c1-12-14(15)11-10(8-13-14)7-9-5-3-2-4-6-9/h2-6,10H,7-8H2,1H3,(H,11,15)/t10-,14?/m1/s1. The van der Waals surface area contributed by atoms with E-state index in [1.807, 2.05) is 18.2 Å². The van der Waals surface area contributed by atoms with Gasteiger partial charge in [-0.2, -0.15) is 5.09 Å². The van der Waals surface area contributed by atoms with Crippen LogP contribution in [0.2, 0.25) is 0 Å². The van der Waals surface area contributed by atoms with E-state index in [0.29, 0.717) is 6.61 Å². The Morgan fingerprint density at radius 1 is 1.53 bits per heavy atom. The fourth-order valence-electron chi connectivity index (χ4n) is 1.59. The van der Waals surface area contributed by atoms with Crippen LogP contribution in [0.3, 0.4) is 0 Å². The van der Waals surface area contributed by atoms with Crippen molar-refractivity contribution < 1.29 is 9.05 Å². The molecule has 1 heterocycles. The van der Waals surface area contributed by atoms with Crippen molar-refractivity contribution in [3.63, 3.8) is 0 Å². The van der Waals surface area contributed by atoms with Gasteiger partial charge in [0.1, 0.15) is 6.61 Å². The van der Waals surface area contributed by atoms with Gasteiger partial charge in [-0.1, -0.05) is 30.3 Å². The summed E-state index contributed by atoms with van der Waals surface area (Å²) in [4.78, 5) is 0. The fraction of sp³-hybridized carbons (Fsp3) is 0.400. The second kappa shape index (κ2) is 4.81. The molecule has 0 saturated carbocycles. The van der Waals surface area contributed by atoms with Gasteiger partial charge in [-0.15, -0.1) is 0 Å². The van der Waals surface area contributed by atoms with Crippen LogP contribution in [-0.4, -0.2) is 19.8 Å². The molecular weight excluding hydrogens is 229 g/mol. The highest BCUT2D eigenvalue weighted by Crippen LogP contribution is 2.57. The van der Waals surface area contributed by atoms with Gasteiger partial charge in [-0.3, -0.25) is 0 Å². The van der Waals surface area contributed by atoms with Crippen LogP contribution in [-0.2, 0) is 27.7 Å². The van der Waals surface area contributed by atoms with Crippen LogP contribution in [0.1, 0.15) is 5.56 Å². The van der Waals surface area contributed by atoms with E-state index in [-0.39, 0.29) is 6.04 Å². The van der Waals surface area contributed by atoms with Gasteiger partial charge >= 0.3 is 0 Å². The molecule has 1 aliphatic heterocycles. The zero-order valence-corrected chi connectivity index (χ0v) is 10.3. The van der Waals surface area contributed by atoms with Gasteiger partial charge in [0.2, 0.25) is 7.07 Å². The molecule has 0 aromatic heterocycles. The van der Waals surface area contributed by atoms with Crippen molar-refractivity contribution in [2.45, 2.75) is 12.5 Å². The number of benzene rings is 1. The lowest BCUT2D eigenvalue weighted by molar-refractivity contribution is 0.302. The Labute approximate surface area is 95.9 Å². The Hall–Kier alpha value is -0.120. The molecule has 2 rings (SSSR count). The van der Waals surface area contributed by atoms with E-state index < -0.39 is 7.07 Å². The van der Waals surface area contributed by atoms with Crippen molar-refractivity contribution in [3.05, 3.63) is 35.9 Å². The normalized spacial score (nSPS) is 30.7. The molecule has 1 N–H and O–H groups in total. The predicted molar refractivity (Wildman–Crippen MR) is 64.3 cm³/mol. The lowest BCUT2D eigenvalue weighted by atomic mass is 10.1. The molecule has 0 aliphatic carbocycles. The first-order chi connectivity index (χ1) is 7.22. The molecule has 82 valence electrons. The van der Waals surface area contributed by atoms with Gasteiger partial charge in [0.05, 0.1) is 13.2 Å². The molecule has 1 aromatic carbocycles. The Morgan fingerprint density at radius 3 is 2.87 bits per heavy atom. The van der Waals surface area contributed by atoms with E-state index in [1.165, 1.54) is 5.56 Å². The summed E-state index contributed by atoms with van der Waals surface area (Å²) in [5.74, 6) is 0. The van der Waals surface area contributed by atoms with Crippen LogP contribution in [0.25, 0.3) is 0 Å². The van der Waals surface area contributed by atoms with E-state index in [1.54, 1.807) is 7.11 Å². The largest absolute Gasteiger partial charge is 0.472 e. The SMILES string of the molecule is CO[P+]1([S-])N[C@H](Cc2ccccc2)CO1. The maximum Gasteiger partial charge on any atom is 0.228 e. The van der Waals surface area contributed by atoms with Gasteiger partial charge in [0.25, 0.3) is 0 Å². The zero-order valence-electron chi connectivity index (χ0n) is 8.55. The molecule has 0 radical (unpaired) electrons. The smallest absolute Gasteiger partial charge is 0.228 e. The van der Waals surface area contributed by atoms with Crippen LogP contribution in [0.4, 0.5) is 0 Å². The van der Waals surface area contributed by atoms with Crippen LogP contribution in [0, 0.1) is 0 Å². The van der Waals surface area contributed by atoms with Gasteiger partial charge in [-0.05, 0) is 12.0 Å². The first-order valence-corrected chi connectivity index (χ1v) is 7.48. The maximum atomic E-state index is 5.47. The zero-order chi connectivity index (χ0) is 10.7. The van der Waals surface area contributed by atoms with Crippen molar-refractivity contribution in [3.8, 4) is 0 Å². The summed E-state index contributed by atoms with van der Waals surface area (Å²) in [7, 11) is -0.565. The van der Waals surface area contributed by atoms with E-state index in [9.17, 15) is 0 Å². The lowest BCUT2D eigenvalue weighted by Gasteiger charge is -2.20. The summed E-state index contributed by atoms with van der Waals surface area (Å²) in [6.45, 7) is 0.639. The minimum atomic E-state index is -2.16. The number of hydrogen-bond donors (Lipinski definition) is 1. The first-order valence-electron chi connectivity index (χ1n) is 4.84. The molecule has 2 atom stereocenters. The van der Waals surface area contributed by atoms with E-state index in [2.05, 4.69) is 17.2 Å². The van der Waals surface area contributed by atoms with E-state index in [0.717, 1.165) is 6.42 Å². The Balaban J connectivity index is 1.93. The molecule has 1 fully saturated rings. The van der Waals surface area contributed by atoms with Crippen molar-refractivity contribution in [1.82, 2.24) is 5.09 Å². The third-order valence-corrected chi connectivity index (χ3v) is 5.08. The second-order valence-corrected chi connectivity index (χ2v) is 6.81. The fourth-order valence-corrected chi connectivity index (χ4v) is 3.50. The molecule has 1 saturated heterocycles. The Bertz CT molecular complexity index is 324. The Morgan fingerprint density at radius 2 is 2.27 bits per heavy atom. The number of nitrogens with one attached hydrogen (secondary N) is 1. The molecule has 1 aliphatic rings. The predicted octanol–water partition coefficient (Wildman–Crippen LogP) is 2.09. The highest BCUT2D eigenvalue weighted by Gasteiger charge is 2.37. The minimum absolute atomic E-state index is 0.276. The average Bonchev–Trinajstić information content (AvgIpc) is 2.63. The molecule has 1 unspecified atom stereocenters. The monoisotopic (exact) mass is 243 g/mol. The van der Waals surface area contributed by atoms with Crippen LogP contribution in [0.15, 0.2) is 30.3 Å². The molecule has 0 bridgehead atoms. The van der Waals surface area contributed by atoms with E-state index >= 15 is 0 Å². The van der Waals surface area contributed by atoms with Crippen LogP contribution >= 0.6 is 7.07 Å². The van der Waals surface area contributed by atoms with Crippen molar-refractivity contribution in [2.24, 2.45) is 0 Å². The third kappa shape index (κ3) is 2.92. The van der Waals surface area contributed by atoms with Gasteiger partial charge in [-0.25, -0.2) is 9.05 Å². The van der Waals surface area contributed by atoms with Crippen molar-refractivity contribution >= 4 is 19.3 Å². The summed E-state index contributed by atoms with van der Waals surface area (Å²) < 4.78 is 10.6. The first kappa shape index (κ1) is 11.4.